The molecule has 2 saturated carbocycles. The summed E-state index contributed by atoms with van der Waals surface area (Å²) < 4.78 is 6.42. The van der Waals surface area contributed by atoms with Crippen LogP contribution in [0.2, 0.25) is 0 Å². The van der Waals surface area contributed by atoms with Crippen molar-refractivity contribution in [2.24, 2.45) is 29.1 Å². The number of alkyl halides is 1. The summed E-state index contributed by atoms with van der Waals surface area (Å²) in [5.74, 6) is 1.83. The van der Waals surface area contributed by atoms with Crippen molar-refractivity contribution < 1.29 is 14.9 Å². The van der Waals surface area contributed by atoms with Gasteiger partial charge in [-0.05, 0) is 108 Å². The zero-order chi connectivity index (χ0) is 25.9. The second-order valence-corrected chi connectivity index (χ2v) is 13.8. The Morgan fingerprint density at radius 2 is 1.89 bits per heavy atom. The highest BCUT2D eigenvalue weighted by atomic mass is 35.5. The first-order valence-corrected chi connectivity index (χ1v) is 15.3. The van der Waals surface area contributed by atoms with E-state index in [4.69, 9.17) is 16.3 Å². The van der Waals surface area contributed by atoms with E-state index in [1.807, 2.05) is 0 Å². The van der Waals surface area contributed by atoms with Crippen LogP contribution in [0.4, 0.5) is 0 Å². The number of nitrogens with one attached hydrogen (secondary N) is 1. The van der Waals surface area contributed by atoms with Crippen LogP contribution in [-0.4, -0.2) is 77.6 Å². The van der Waals surface area contributed by atoms with Crippen molar-refractivity contribution in [2.45, 2.75) is 114 Å². The number of piperidine rings is 1. The van der Waals surface area contributed by atoms with E-state index in [0.717, 1.165) is 96.9 Å². The fraction of sp³-hybridized carbons (Fsp3) is 0.933. The van der Waals surface area contributed by atoms with Gasteiger partial charge < -0.3 is 25.2 Å². The monoisotopic (exact) mass is 524 g/mol. The van der Waals surface area contributed by atoms with Gasteiger partial charge in [0.1, 0.15) is 0 Å². The zero-order valence-corrected chi connectivity index (χ0v) is 23.9. The van der Waals surface area contributed by atoms with Gasteiger partial charge in [0.25, 0.3) is 0 Å². The standard InChI is InChI=1S/C30H53ClN2O3/c1-5-7-25-24(26-18-23(34)13-14-28(26)36-19-27(25)32-4)8-6-16-33-17-15-30(35,29(2,3)20-33)21-9-11-22(31)12-10-21/h5,21-28,32,34-35H,1,6-20H2,2-4H3/t21?,22?,23-,24+,25-,26+,27?,28?,30?/m0/s1. The van der Waals surface area contributed by atoms with Crippen molar-refractivity contribution in [3.63, 3.8) is 0 Å². The second-order valence-electron chi connectivity index (χ2n) is 13.2. The predicted octanol–water partition coefficient (Wildman–Crippen LogP) is 4.98. The van der Waals surface area contributed by atoms with Crippen LogP contribution in [0.15, 0.2) is 12.7 Å². The summed E-state index contributed by atoms with van der Waals surface area (Å²) in [7, 11) is 2.06. The van der Waals surface area contributed by atoms with E-state index in [1.54, 1.807) is 0 Å². The van der Waals surface area contributed by atoms with E-state index in [-0.39, 0.29) is 17.6 Å². The Labute approximate surface area is 225 Å². The molecule has 0 amide bonds. The highest BCUT2D eigenvalue weighted by Crippen LogP contribution is 2.49. The lowest BCUT2D eigenvalue weighted by Gasteiger charge is -2.55. The molecule has 208 valence electrons. The number of rotatable bonds is 8. The molecule has 2 aliphatic carbocycles. The van der Waals surface area contributed by atoms with Gasteiger partial charge in [-0.3, -0.25) is 0 Å². The number of halogens is 1. The van der Waals surface area contributed by atoms with E-state index in [0.29, 0.717) is 35.1 Å². The molecule has 2 heterocycles. The summed E-state index contributed by atoms with van der Waals surface area (Å²) in [4.78, 5) is 2.60. The summed E-state index contributed by atoms with van der Waals surface area (Å²) >= 11 is 6.37. The van der Waals surface area contributed by atoms with Crippen molar-refractivity contribution in [3.05, 3.63) is 12.7 Å². The number of aliphatic hydroxyl groups is 2. The van der Waals surface area contributed by atoms with E-state index < -0.39 is 5.60 Å². The second kappa shape index (κ2) is 12.3. The molecule has 0 bridgehead atoms. The van der Waals surface area contributed by atoms with Gasteiger partial charge >= 0.3 is 0 Å². The maximum absolute atomic E-state index is 11.9. The third kappa shape index (κ3) is 6.18. The average molecular weight is 525 g/mol. The van der Waals surface area contributed by atoms with Gasteiger partial charge in [0.2, 0.25) is 0 Å². The van der Waals surface area contributed by atoms with Gasteiger partial charge in [0.05, 0.1) is 24.4 Å². The number of likely N-dealkylation sites (N-methyl/N-ethyl adjacent to an activating group) is 1. The van der Waals surface area contributed by atoms with Gasteiger partial charge in [-0.25, -0.2) is 0 Å². The first kappa shape index (κ1) is 28.8. The Bertz CT molecular complexity index is 712. The SMILES string of the molecule is C=CC[C@@H]1C(NC)COC2CC[C@H](O)C[C@@H]2[C@@H]1CCCN1CCC(O)(C2CCC(Cl)CC2)C(C)(C)C1. The number of ether oxygens (including phenoxy) is 1. The molecule has 3 N–H and O–H groups in total. The maximum Gasteiger partial charge on any atom is 0.0750 e. The molecular weight excluding hydrogens is 472 g/mol. The van der Waals surface area contributed by atoms with Gasteiger partial charge in [0, 0.05) is 29.9 Å². The molecule has 4 fully saturated rings. The van der Waals surface area contributed by atoms with Gasteiger partial charge in [-0.1, -0.05) is 19.9 Å². The molecule has 36 heavy (non-hydrogen) atoms. The van der Waals surface area contributed by atoms with Crippen LogP contribution in [0.1, 0.15) is 84.5 Å². The molecule has 0 aromatic rings. The predicted molar refractivity (Wildman–Crippen MR) is 148 cm³/mol. The van der Waals surface area contributed by atoms with Crippen LogP contribution < -0.4 is 5.32 Å². The molecule has 2 saturated heterocycles. The van der Waals surface area contributed by atoms with Crippen molar-refractivity contribution in [1.29, 1.82) is 0 Å². The molecule has 0 radical (unpaired) electrons. The third-order valence-corrected chi connectivity index (χ3v) is 11.1. The van der Waals surface area contributed by atoms with Crippen molar-refractivity contribution in [3.8, 4) is 0 Å². The molecule has 5 nitrogen and oxygen atoms in total. The first-order valence-electron chi connectivity index (χ1n) is 14.8. The van der Waals surface area contributed by atoms with E-state index in [9.17, 15) is 10.2 Å². The Hall–Kier alpha value is -0.170. The van der Waals surface area contributed by atoms with Crippen LogP contribution in [0.3, 0.4) is 0 Å². The van der Waals surface area contributed by atoms with Crippen LogP contribution in [0.5, 0.6) is 0 Å². The van der Waals surface area contributed by atoms with E-state index in [1.165, 1.54) is 0 Å². The Morgan fingerprint density at radius 3 is 2.56 bits per heavy atom. The molecular formula is C30H53ClN2O3. The maximum atomic E-state index is 11.9. The fourth-order valence-corrected chi connectivity index (χ4v) is 8.76. The Morgan fingerprint density at radius 1 is 1.14 bits per heavy atom. The van der Waals surface area contributed by atoms with E-state index >= 15 is 0 Å². The number of nitrogens with zero attached hydrogens (tertiary/aromatic N) is 1. The minimum absolute atomic E-state index is 0.119. The average Bonchev–Trinajstić information content (AvgIpc) is 2.98. The fourth-order valence-electron chi connectivity index (χ4n) is 8.51. The molecule has 7 atom stereocenters. The normalized spacial score (nSPS) is 43.9. The summed E-state index contributed by atoms with van der Waals surface area (Å²) in [6.07, 6.45) is 13.2. The third-order valence-electron chi connectivity index (χ3n) is 10.7. The minimum Gasteiger partial charge on any atom is -0.393 e. The molecule has 0 aromatic heterocycles. The quantitative estimate of drug-likeness (QED) is 0.308. The molecule has 2 aliphatic heterocycles. The number of likely N-dealkylation sites (tertiary alicyclic amines) is 1. The number of allylic oxidation sites excluding steroid dienone is 1. The molecule has 0 spiro atoms. The first-order chi connectivity index (χ1) is 17.2. The van der Waals surface area contributed by atoms with Crippen LogP contribution >= 0.6 is 11.6 Å². The summed E-state index contributed by atoms with van der Waals surface area (Å²) in [5, 5.41) is 26.2. The lowest BCUT2D eigenvalue weighted by molar-refractivity contribution is -0.161. The van der Waals surface area contributed by atoms with E-state index in [2.05, 4.69) is 43.8 Å². The Balaban J connectivity index is 1.38. The lowest BCUT2D eigenvalue weighted by Crippen LogP contribution is -2.61. The number of hydrogen-bond acceptors (Lipinski definition) is 5. The van der Waals surface area contributed by atoms with Crippen LogP contribution in [-0.2, 0) is 4.74 Å². The smallest absolute Gasteiger partial charge is 0.0750 e. The number of fused-ring (bicyclic) bond motifs is 1. The zero-order valence-electron chi connectivity index (χ0n) is 23.1. The van der Waals surface area contributed by atoms with Crippen molar-refractivity contribution in [1.82, 2.24) is 10.2 Å². The highest BCUT2D eigenvalue weighted by Gasteiger charge is 2.52. The largest absolute Gasteiger partial charge is 0.393 e. The number of aliphatic hydroxyl groups excluding tert-OH is 1. The van der Waals surface area contributed by atoms with Gasteiger partial charge in [-0.2, -0.15) is 0 Å². The highest BCUT2D eigenvalue weighted by molar-refractivity contribution is 6.20. The molecule has 6 heteroatoms. The molecule has 0 aromatic carbocycles. The molecule has 3 unspecified atom stereocenters. The van der Waals surface area contributed by atoms with Gasteiger partial charge in [0.15, 0.2) is 0 Å². The summed E-state index contributed by atoms with van der Waals surface area (Å²) in [5.41, 5.74) is -0.702. The van der Waals surface area contributed by atoms with Crippen LogP contribution in [0.25, 0.3) is 0 Å². The Kier molecular flexibility index (Phi) is 9.88. The number of hydrogen-bond donors (Lipinski definition) is 3. The molecule has 4 aliphatic rings. The summed E-state index contributed by atoms with van der Waals surface area (Å²) in [6.45, 7) is 12.4. The summed E-state index contributed by atoms with van der Waals surface area (Å²) in [6, 6.07) is 0.336. The lowest BCUT2D eigenvalue weighted by atomic mass is 9.60. The van der Waals surface area contributed by atoms with Crippen molar-refractivity contribution in [2.75, 3.05) is 33.3 Å². The van der Waals surface area contributed by atoms with Crippen molar-refractivity contribution >= 4 is 11.6 Å². The molecule has 4 rings (SSSR count). The van der Waals surface area contributed by atoms with Crippen LogP contribution in [0, 0.1) is 29.1 Å². The minimum atomic E-state index is -0.584. The topological polar surface area (TPSA) is 65.0 Å². The van der Waals surface area contributed by atoms with Gasteiger partial charge in [-0.15, -0.1) is 18.2 Å².